The number of nitrogens with zero attached hydrogens (tertiary/aromatic N) is 1. The van der Waals surface area contributed by atoms with Crippen molar-refractivity contribution in [1.82, 2.24) is 10.2 Å². The van der Waals surface area contributed by atoms with Crippen molar-refractivity contribution in [2.75, 3.05) is 27.2 Å². The van der Waals surface area contributed by atoms with E-state index < -0.39 is 0 Å². The second kappa shape index (κ2) is 5.77. The van der Waals surface area contributed by atoms with E-state index in [0.29, 0.717) is 6.54 Å². The first-order chi connectivity index (χ1) is 5.57. The Morgan fingerprint density at radius 1 is 1.42 bits per heavy atom. The monoisotopic (exact) mass is 170 g/mol. The Kier molecular flexibility index (Phi) is 5.37. The summed E-state index contributed by atoms with van der Waals surface area (Å²) in [5, 5.41) is 3.03. The van der Waals surface area contributed by atoms with Gasteiger partial charge >= 0.3 is 0 Å². The van der Waals surface area contributed by atoms with Gasteiger partial charge in [-0.2, -0.15) is 0 Å². The summed E-state index contributed by atoms with van der Waals surface area (Å²) >= 11 is 0. The Morgan fingerprint density at radius 3 is 2.42 bits per heavy atom. The molecule has 0 saturated heterocycles. The molecule has 12 heavy (non-hydrogen) atoms. The molecule has 1 N–H and O–H groups in total. The van der Waals surface area contributed by atoms with E-state index in [4.69, 9.17) is 0 Å². The smallest absolute Gasteiger partial charge is 0.236 e. The van der Waals surface area contributed by atoms with Crippen molar-refractivity contribution in [3.8, 4) is 0 Å². The molecule has 0 aromatic carbocycles. The Morgan fingerprint density at radius 2 is 2.00 bits per heavy atom. The molecule has 3 nitrogen and oxygen atoms in total. The standard InChI is InChI=1S/C9H18N2O/c1-5-8(2)6-10-7-9(12)11(3)4/h10H,2,5-7H2,1,3-4H3. The van der Waals surface area contributed by atoms with Crippen LogP contribution in [0.3, 0.4) is 0 Å². The van der Waals surface area contributed by atoms with Crippen molar-refractivity contribution >= 4 is 5.91 Å². The molecule has 0 radical (unpaired) electrons. The highest BCUT2D eigenvalue weighted by Crippen LogP contribution is 1.92. The molecular weight excluding hydrogens is 152 g/mol. The molecule has 0 bridgehead atoms. The molecule has 0 aromatic heterocycles. The van der Waals surface area contributed by atoms with E-state index in [2.05, 4.69) is 18.8 Å². The first-order valence-electron chi connectivity index (χ1n) is 4.15. The molecule has 0 spiro atoms. The minimum absolute atomic E-state index is 0.0962. The number of amides is 1. The molecule has 0 rings (SSSR count). The summed E-state index contributed by atoms with van der Waals surface area (Å²) in [4.78, 5) is 12.6. The number of hydrogen-bond acceptors (Lipinski definition) is 2. The highest BCUT2D eigenvalue weighted by Gasteiger charge is 2.01. The summed E-state index contributed by atoms with van der Waals surface area (Å²) in [6, 6.07) is 0. The van der Waals surface area contributed by atoms with E-state index in [9.17, 15) is 4.79 Å². The fourth-order valence-electron chi connectivity index (χ4n) is 0.629. The molecule has 0 aliphatic carbocycles. The number of likely N-dealkylation sites (N-methyl/N-ethyl adjacent to an activating group) is 1. The van der Waals surface area contributed by atoms with E-state index in [1.54, 1.807) is 19.0 Å². The first kappa shape index (κ1) is 11.2. The van der Waals surface area contributed by atoms with Gasteiger partial charge in [-0.05, 0) is 6.42 Å². The Labute approximate surface area is 74.4 Å². The molecule has 70 valence electrons. The molecule has 0 aromatic rings. The third-order valence-corrected chi connectivity index (χ3v) is 1.65. The number of hydrogen-bond donors (Lipinski definition) is 1. The molecular formula is C9H18N2O. The Balaban J connectivity index is 3.44. The van der Waals surface area contributed by atoms with Crippen LogP contribution >= 0.6 is 0 Å². The molecule has 1 amide bonds. The third-order valence-electron chi connectivity index (χ3n) is 1.65. The van der Waals surface area contributed by atoms with Crippen molar-refractivity contribution in [2.45, 2.75) is 13.3 Å². The third kappa shape index (κ3) is 4.91. The van der Waals surface area contributed by atoms with Crippen molar-refractivity contribution < 1.29 is 4.79 Å². The number of carbonyl (C=O) groups is 1. The fraction of sp³-hybridized carbons (Fsp3) is 0.667. The van der Waals surface area contributed by atoms with Crippen molar-refractivity contribution in [3.05, 3.63) is 12.2 Å². The average molecular weight is 170 g/mol. The van der Waals surface area contributed by atoms with E-state index in [0.717, 1.165) is 18.5 Å². The van der Waals surface area contributed by atoms with E-state index in [1.165, 1.54) is 0 Å². The van der Waals surface area contributed by atoms with Gasteiger partial charge in [0.15, 0.2) is 0 Å². The van der Waals surface area contributed by atoms with Gasteiger partial charge in [0.05, 0.1) is 6.54 Å². The molecule has 0 aliphatic rings. The van der Waals surface area contributed by atoms with Gasteiger partial charge in [0.2, 0.25) is 5.91 Å². The highest BCUT2D eigenvalue weighted by molar-refractivity contribution is 5.77. The predicted molar refractivity (Wildman–Crippen MR) is 51.0 cm³/mol. The first-order valence-corrected chi connectivity index (χ1v) is 4.15. The van der Waals surface area contributed by atoms with Crippen LogP contribution in [0.5, 0.6) is 0 Å². The number of rotatable bonds is 5. The van der Waals surface area contributed by atoms with Gasteiger partial charge in [0.1, 0.15) is 0 Å². The normalized spacial score (nSPS) is 9.58. The molecule has 0 fully saturated rings. The van der Waals surface area contributed by atoms with Crippen LogP contribution in [-0.2, 0) is 4.79 Å². The quantitative estimate of drug-likeness (QED) is 0.614. The van der Waals surface area contributed by atoms with Crippen LogP contribution in [0.2, 0.25) is 0 Å². The summed E-state index contributed by atoms with van der Waals surface area (Å²) < 4.78 is 0. The molecule has 0 atom stereocenters. The second-order valence-corrected chi connectivity index (χ2v) is 3.00. The lowest BCUT2D eigenvalue weighted by Gasteiger charge is -2.11. The zero-order valence-corrected chi connectivity index (χ0v) is 8.18. The number of nitrogens with one attached hydrogen (secondary N) is 1. The van der Waals surface area contributed by atoms with Crippen LogP contribution in [0.1, 0.15) is 13.3 Å². The van der Waals surface area contributed by atoms with Crippen LogP contribution < -0.4 is 5.32 Å². The summed E-state index contributed by atoms with van der Waals surface area (Å²) in [5.74, 6) is 0.0962. The molecule has 3 heteroatoms. The van der Waals surface area contributed by atoms with E-state index >= 15 is 0 Å². The van der Waals surface area contributed by atoms with Crippen LogP contribution in [0, 0.1) is 0 Å². The minimum atomic E-state index is 0.0962. The largest absolute Gasteiger partial charge is 0.348 e. The maximum atomic E-state index is 11.0. The lowest BCUT2D eigenvalue weighted by molar-refractivity contribution is -0.127. The second-order valence-electron chi connectivity index (χ2n) is 3.00. The summed E-state index contributed by atoms with van der Waals surface area (Å²) in [6.07, 6.45) is 0.961. The summed E-state index contributed by atoms with van der Waals surface area (Å²) in [7, 11) is 3.50. The Hall–Kier alpha value is -0.830. The van der Waals surface area contributed by atoms with Gasteiger partial charge in [-0.25, -0.2) is 0 Å². The molecule has 0 saturated carbocycles. The maximum absolute atomic E-state index is 11.0. The van der Waals surface area contributed by atoms with Crippen LogP contribution in [-0.4, -0.2) is 38.0 Å². The summed E-state index contributed by atoms with van der Waals surface area (Å²) in [5.41, 5.74) is 1.13. The lowest BCUT2D eigenvalue weighted by Crippen LogP contribution is -2.33. The molecule has 0 unspecified atom stereocenters. The van der Waals surface area contributed by atoms with Gasteiger partial charge in [0, 0.05) is 20.6 Å². The van der Waals surface area contributed by atoms with E-state index in [1.807, 2.05) is 0 Å². The zero-order valence-electron chi connectivity index (χ0n) is 8.18. The average Bonchev–Trinajstić information content (AvgIpc) is 2.03. The van der Waals surface area contributed by atoms with Gasteiger partial charge < -0.3 is 10.2 Å². The van der Waals surface area contributed by atoms with Crippen LogP contribution in [0.15, 0.2) is 12.2 Å². The van der Waals surface area contributed by atoms with Gasteiger partial charge in [-0.1, -0.05) is 19.1 Å². The highest BCUT2D eigenvalue weighted by atomic mass is 16.2. The fourth-order valence-corrected chi connectivity index (χ4v) is 0.629. The van der Waals surface area contributed by atoms with Crippen molar-refractivity contribution in [3.63, 3.8) is 0 Å². The molecule has 0 heterocycles. The van der Waals surface area contributed by atoms with Gasteiger partial charge in [-0.15, -0.1) is 0 Å². The van der Waals surface area contributed by atoms with Crippen LogP contribution in [0.4, 0.5) is 0 Å². The minimum Gasteiger partial charge on any atom is -0.348 e. The SMILES string of the molecule is C=C(CC)CNCC(=O)N(C)C. The lowest BCUT2D eigenvalue weighted by atomic mass is 10.2. The summed E-state index contributed by atoms with van der Waals surface area (Å²) in [6.45, 7) is 7.01. The van der Waals surface area contributed by atoms with Crippen molar-refractivity contribution in [1.29, 1.82) is 0 Å². The van der Waals surface area contributed by atoms with Gasteiger partial charge in [-0.3, -0.25) is 4.79 Å². The van der Waals surface area contributed by atoms with Crippen LogP contribution in [0.25, 0.3) is 0 Å². The topological polar surface area (TPSA) is 32.3 Å². The maximum Gasteiger partial charge on any atom is 0.236 e. The predicted octanol–water partition coefficient (Wildman–Crippen LogP) is 0.630. The molecule has 0 aliphatic heterocycles. The van der Waals surface area contributed by atoms with Gasteiger partial charge in [0.25, 0.3) is 0 Å². The van der Waals surface area contributed by atoms with E-state index in [-0.39, 0.29) is 5.91 Å². The Bertz CT molecular complexity index is 164. The van der Waals surface area contributed by atoms with Crippen molar-refractivity contribution in [2.24, 2.45) is 0 Å². The number of carbonyl (C=O) groups excluding carboxylic acids is 1. The zero-order chi connectivity index (χ0) is 9.56.